The lowest BCUT2D eigenvalue weighted by Gasteiger charge is -2.15. The van der Waals surface area contributed by atoms with Gasteiger partial charge in [-0.15, -0.1) is 0 Å². The summed E-state index contributed by atoms with van der Waals surface area (Å²) in [6.07, 6.45) is 0. The van der Waals surface area contributed by atoms with Gasteiger partial charge in [0.05, 0.1) is 21.6 Å². The topological polar surface area (TPSA) is 72.2 Å². The highest BCUT2D eigenvalue weighted by atomic mass is 35.5. The molecule has 0 spiro atoms. The van der Waals surface area contributed by atoms with Crippen LogP contribution < -0.4 is 5.32 Å². The lowest BCUT2D eigenvalue weighted by Crippen LogP contribution is -2.27. The molecule has 2 aromatic rings. The summed E-state index contributed by atoms with van der Waals surface area (Å²) in [6, 6.07) is 8.93. The van der Waals surface area contributed by atoms with E-state index >= 15 is 0 Å². The molecule has 2 rings (SSSR count). The average Bonchev–Trinajstić information content (AvgIpc) is 2.47. The largest absolute Gasteiger partial charge is 0.345 e. The van der Waals surface area contributed by atoms with E-state index in [4.69, 9.17) is 11.6 Å². The summed E-state index contributed by atoms with van der Waals surface area (Å²) in [5.74, 6) is -0.908. The Kier molecular flexibility index (Phi) is 4.72. The Morgan fingerprint density at radius 3 is 2.50 bits per heavy atom. The van der Waals surface area contributed by atoms with Gasteiger partial charge in [-0.05, 0) is 30.7 Å². The van der Waals surface area contributed by atoms with Crippen molar-refractivity contribution in [2.75, 3.05) is 0 Å². The fourth-order valence-corrected chi connectivity index (χ4v) is 2.11. The Bertz CT molecular complexity index is 719. The van der Waals surface area contributed by atoms with Crippen LogP contribution in [0.4, 0.5) is 10.1 Å². The number of amides is 1. The van der Waals surface area contributed by atoms with Crippen molar-refractivity contribution in [2.45, 2.75) is 13.0 Å². The third-order valence-electron chi connectivity index (χ3n) is 3.12. The maximum Gasteiger partial charge on any atom is 0.270 e. The van der Waals surface area contributed by atoms with Gasteiger partial charge in [-0.1, -0.05) is 23.7 Å². The third-order valence-corrected chi connectivity index (χ3v) is 3.45. The molecule has 0 saturated heterocycles. The van der Waals surface area contributed by atoms with E-state index in [0.717, 1.165) is 6.07 Å². The molecule has 0 heterocycles. The first kappa shape index (κ1) is 15.9. The number of carbonyl (C=O) groups excluding carboxylic acids is 1. The molecule has 0 saturated carbocycles. The molecule has 1 atom stereocenters. The van der Waals surface area contributed by atoms with Crippen LogP contribution in [0.3, 0.4) is 0 Å². The molecule has 2 aromatic carbocycles. The molecule has 0 aliphatic heterocycles. The molecule has 0 fully saturated rings. The molecule has 1 unspecified atom stereocenters. The van der Waals surface area contributed by atoms with Crippen LogP contribution in [0.25, 0.3) is 0 Å². The Labute approximate surface area is 130 Å². The summed E-state index contributed by atoms with van der Waals surface area (Å²) >= 11 is 5.91. The summed E-state index contributed by atoms with van der Waals surface area (Å²) in [4.78, 5) is 22.4. The van der Waals surface area contributed by atoms with Crippen molar-refractivity contribution < 1.29 is 14.1 Å². The van der Waals surface area contributed by atoms with Gasteiger partial charge in [-0.2, -0.15) is 0 Å². The highest BCUT2D eigenvalue weighted by molar-refractivity contribution is 6.33. The standard InChI is InChI=1S/C15H12ClFN2O3/c1-9(10-2-4-11(17)5-3-10)18-15(20)13-8-12(19(21)22)6-7-14(13)16/h2-9H,1H3,(H,18,20). The minimum atomic E-state index is -0.601. The fraction of sp³-hybridized carbons (Fsp3) is 0.133. The van der Waals surface area contributed by atoms with Gasteiger partial charge < -0.3 is 5.32 Å². The number of nitrogens with one attached hydrogen (secondary N) is 1. The first-order valence-corrected chi connectivity index (χ1v) is 6.76. The lowest BCUT2D eigenvalue weighted by atomic mass is 10.1. The van der Waals surface area contributed by atoms with Crippen LogP contribution in [0.1, 0.15) is 28.9 Å². The average molecular weight is 323 g/mol. The number of nitro groups is 1. The van der Waals surface area contributed by atoms with E-state index in [1.54, 1.807) is 19.1 Å². The molecule has 0 aliphatic carbocycles. The van der Waals surface area contributed by atoms with Gasteiger partial charge in [0.1, 0.15) is 5.82 Å². The van der Waals surface area contributed by atoms with Gasteiger partial charge in [0.15, 0.2) is 0 Å². The minimum absolute atomic E-state index is 0.0184. The Morgan fingerprint density at radius 1 is 1.27 bits per heavy atom. The van der Waals surface area contributed by atoms with E-state index in [1.165, 1.54) is 24.3 Å². The highest BCUT2D eigenvalue weighted by Gasteiger charge is 2.18. The van der Waals surface area contributed by atoms with Crippen molar-refractivity contribution >= 4 is 23.2 Å². The van der Waals surface area contributed by atoms with Crippen LogP contribution in [-0.4, -0.2) is 10.8 Å². The molecular weight excluding hydrogens is 311 g/mol. The summed E-state index contributed by atoms with van der Waals surface area (Å²) in [5.41, 5.74) is 0.505. The number of nitrogens with zero attached hydrogens (tertiary/aromatic N) is 1. The van der Waals surface area contributed by atoms with Crippen LogP contribution in [0, 0.1) is 15.9 Å². The number of benzene rings is 2. The van der Waals surface area contributed by atoms with Gasteiger partial charge >= 0.3 is 0 Å². The number of nitro benzene ring substituents is 1. The number of non-ortho nitro benzene ring substituents is 1. The van der Waals surface area contributed by atoms with Crippen LogP contribution in [0.2, 0.25) is 5.02 Å². The molecule has 114 valence electrons. The first-order chi connectivity index (χ1) is 10.4. The van der Waals surface area contributed by atoms with Gasteiger partial charge in [-0.25, -0.2) is 4.39 Å². The van der Waals surface area contributed by atoms with Crippen molar-refractivity contribution in [3.8, 4) is 0 Å². The summed E-state index contributed by atoms with van der Waals surface area (Å²) in [6.45, 7) is 1.72. The normalized spacial score (nSPS) is 11.8. The Hall–Kier alpha value is -2.47. The van der Waals surface area contributed by atoms with E-state index in [1.807, 2.05) is 0 Å². The van der Waals surface area contributed by atoms with Gasteiger partial charge in [0.2, 0.25) is 0 Å². The lowest BCUT2D eigenvalue weighted by molar-refractivity contribution is -0.384. The Morgan fingerprint density at radius 2 is 1.91 bits per heavy atom. The van der Waals surface area contributed by atoms with Crippen LogP contribution >= 0.6 is 11.6 Å². The second kappa shape index (κ2) is 6.53. The predicted octanol–water partition coefficient (Wildman–Crippen LogP) is 3.88. The summed E-state index contributed by atoms with van der Waals surface area (Å²) < 4.78 is 12.9. The van der Waals surface area contributed by atoms with E-state index in [2.05, 4.69) is 5.32 Å². The summed E-state index contributed by atoms with van der Waals surface area (Å²) in [5, 5.41) is 13.5. The molecule has 7 heteroatoms. The maximum atomic E-state index is 12.9. The molecule has 1 amide bonds. The predicted molar refractivity (Wildman–Crippen MR) is 80.4 cm³/mol. The molecule has 0 radical (unpaired) electrons. The zero-order valence-corrected chi connectivity index (χ0v) is 12.3. The monoisotopic (exact) mass is 322 g/mol. The molecule has 22 heavy (non-hydrogen) atoms. The SMILES string of the molecule is CC(NC(=O)c1cc([N+](=O)[O-])ccc1Cl)c1ccc(F)cc1. The Balaban J connectivity index is 2.20. The number of carbonyl (C=O) groups is 1. The van der Waals surface area contributed by atoms with Crippen molar-refractivity contribution in [3.05, 3.63) is 74.5 Å². The van der Waals surface area contributed by atoms with E-state index < -0.39 is 16.9 Å². The number of hydrogen-bond acceptors (Lipinski definition) is 3. The van der Waals surface area contributed by atoms with Gasteiger partial charge in [-0.3, -0.25) is 14.9 Å². The third kappa shape index (κ3) is 3.59. The zero-order chi connectivity index (χ0) is 16.3. The highest BCUT2D eigenvalue weighted by Crippen LogP contribution is 2.23. The number of halogens is 2. The van der Waals surface area contributed by atoms with Crippen molar-refractivity contribution in [1.29, 1.82) is 0 Å². The fourth-order valence-electron chi connectivity index (χ4n) is 1.91. The van der Waals surface area contributed by atoms with Crippen LogP contribution in [-0.2, 0) is 0 Å². The summed E-state index contributed by atoms with van der Waals surface area (Å²) in [7, 11) is 0. The molecular formula is C15H12ClFN2O3. The van der Waals surface area contributed by atoms with Gasteiger partial charge in [0, 0.05) is 12.1 Å². The van der Waals surface area contributed by atoms with Crippen LogP contribution in [0.15, 0.2) is 42.5 Å². The van der Waals surface area contributed by atoms with E-state index in [-0.39, 0.29) is 22.1 Å². The second-order valence-electron chi connectivity index (χ2n) is 4.67. The van der Waals surface area contributed by atoms with Crippen LogP contribution in [0.5, 0.6) is 0 Å². The first-order valence-electron chi connectivity index (χ1n) is 6.38. The quantitative estimate of drug-likeness (QED) is 0.686. The maximum absolute atomic E-state index is 12.9. The van der Waals surface area contributed by atoms with Crippen molar-refractivity contribution in [2.24, 2.45) is 0 Å². The molecule has 0 aromatic heterocycles. The zero-order valence-electron chi connectivity index (χ0n) is 11.5. The smallest absolute Gasteiger partial charge is 0.270 e. The molecule has 1 N–H and O–H groups in total. The van der Waals surface area contributed by atoms with Gasteiger partial charge in [0.25, 0.3) is 11.6 Å². The molecule has 5 nitrogen and oxygen atoms in total. The van der Waals surface area contributed by atoms with Crippen molar-refractivity contribution in [3.63, 3.8) is 0 Å². The molecule has 0 aliphatic rings. The minimum Gasteiger partial charge on any atom is -0.345 e. The van der Waals surface area contributed by atoms with E-state index in [9.17, 15) is 19.3 Å². The van der Waals surface area contributed by atoms with Crippen molar-refractivity contribution in [1.82, 2.24) is 5.32 Å². The molecule has 0 bridgehead atoms. The number of rotatable bonds is 4. The van der Waals surface area contributed by atoms with E-state index in [0.29, 0.717) is 5.56 Å². The number of hydrogen-bond donors (Lipinski definition) is 1. The second-order valence-corrected chi connectivity index (χ2v) is 5.08.